The van der Waals surface area contributed by atoms with Crippen LogP contribution in [0.15, 0.2) is 48.5 Å². The molecule has 3 heteroatoms. The first-order valence-corrected chi connectivity index (χ1v) is 9.04. The Balaban J connectivity index is 2.00. The predicted molar refractivity (Wildman–Crippen MR) is 103 cm³/mol. The third-order valence-corrected chi connectivity index (χ3v) is 4.16. The van der Waals surface area contributed by atoms with E-state index in [0.29, 0.717) is 23.8 Å². The van der Waals surface area contributed by atoms with Gasteiger partial charge in [-0.05, 0) is 50.3 Å². The van der Waals surface area contributed by atoms with Crippen molar-refractivity contribution in [1.82, 2.24) is 5.32 Å². The van der Waals surface area contributed by atoms with E-state index < -0.39 is 0 Å². The second-order valence-corrected chi connectivity index (χ2v) is 7.12. The summed E-state index contributed by atoms with van der Waals surface area (Å²) in [6.07, 6.45) is 2.09. The van der Waals surface area contributed by atoms with Crippen LogP contribution in [0.2, 0.25) is 0 Å². The van der Waals surface area contributed by atoms with E-state index in [4.69, 9.17) is 4.74 Å². The molecule has 2 aromatic carbocycles. The minimum absolute atomic E-state index is 0.0731. The summed E-state index contributed by atoms with van der Waals surface area (Å²) in [5, 5.41) is 3.08. The zero-order chi connectivity index (χ0) is 18.2. The maximum absolute atomic E-state index is 12.6. The molecule has 0 aliphatic heterocycles. The maximum atomic E-state index is 12.6. The minimum Gasteiger partial charge on any atom is -0.488 e. The molecule has 0 spiro atoms. The smallest absolute Gasteiger partial charge is 0.255 e. The van der Waals surface area contributed by atoms with Gasteiger partial charge in [-0.2, -0.15) is 0 Å². The van der Waals surface area contributed by atoms with Gasteiger partial charge in [0.25, 0.3) is 5.91 Å². The summed E-state index contributed by atoms with van der Waals surface area (Å²) >= 11 is 0. The molecule has 1 N–H and O–H groups in total. The third kappa shape index (κ3) is 6.26. The summed E-state index contributed by atoms with van der Waals surface area (Å²) in [4.78, 5) is 12.6. The largest absolute Gasteiger partial charge is 0.488 e. The van der Waals surface area contributed by atoms with Crippen molar-refractivity contribution in [3.8, 4) is 5.75 Å². The number of para-hydroxylation sites is 1. The van der Waals surface area contributed by atoms with Crippen LogP contribution in [0.25, 0.3) is 0 Å². The average Bonchev–Trinajstić information content (AvgIpc) is 2.58. The fraction of sp³-hybridized carbons (Fsp3) is 0.409. The second kappa shape index (κ2) is 9.26. The highest BCUT2D eigenvalue weighted by Crippen LogP contribution is 2.20. The van der Waals surface area contributed by atoms with Crippen molar-refractivity contribution in [1.29, 1.82) is 0 Å². The molecule has 0 saturated heterocycles. The van der Waals surface area contributed by atoms with Gasteiger partial charge in [0.2, 0.25) is 0 Å². The number of carbonyl (C=O) groups excluding carboxylic acids is 1. The Morgan fingerprint density at radius 1 is 1.04 bits per heavy atom. The number of amides is 1. The van der Waals surface area contributed by atoms with Crippen LogP contribution in [0.5, 0.6) is 5.75 Å². The molecule has 0 unspecified atom stereocenters. The predicted octanol–water partition coefficient (Wildman–Crippen LogP) is 5.13. The molecule has 3 nitrogen and oxygen atoms in total. The second-order valence-electron chi connectivity index (χ2n) is 7.12. The quantitative estimate of drug-likeness (QED) is 0.724. The van der Waals surface area contributed by atoms with E-state index >= 15 is 0 Å². The first-order valence-electron chi connectivity index (χ1n) is 9.04. The zero-order valence-corrected chi connectivity index (χ0v) is 15.7. The van der Waals surface area contributed by atoms with Crippen molar-refractivity contribution >= 4 is 5.91 Å². The number of hydrogen-bond acceptors (Lipinski definition) is 2. The number of ether oxygens (including phenoxy) is 1. The van der Waals surface area contributed by atoms with Crippen LogP contribution in [-0.2, 0) is 6.61 Å². The first-order chi connectivity index (χ1) is 12.0. The van der Waals surface area contributed by atoms with Gasteiger partial charge in [-0.25, -0.2) is 0 Å². The molecular formula is C22H29NO2. The molecule has 2 rings (SSSR count). The van der Waals surface area contributed by atoms with E-state index in [2.05, 4.69) is 45.1 Å². The topological polar surface area (TPSA) is 38.3 Å². The van der Waals surface area contributed by atoms with Crippen molar-refractivity contribution in [2.45, 2.75) is 53.2 Å². The lowest BCUT2D eigenvalue weighted by Gasteiger charge is -2.17. The van der Waals surface area contributed by atoms with E-state index in [9.17, 15) is 4.79 Å². The Bertz CT molecular complexity index is 694. The molecule has 0 aromatic heterocycles. The average molecular weight is 339 g/mol. The Kier molecular flexibility index (Phi) is 7.05. The highest BCUT2D eigenvalue weighted by molar-refractivity contribution is 5.97. The van der Waals surface area contributed by atoms with Crippen LogP contribution in [0.3, 0.4) is 0 Å². The van der Waals surface area contributed by atoms with Gasteiger partial charge in [0.05, 0.1) is 5.56 Å². The van der Waals surface area contributed by atoms with Gasteiger partial charge < -0.3 is 10.1 Å². The van der Waals surface area contributed by atoms with Gasteiger partial charge in [-0.15, -0.1) is 0 Å². The highest BCUT2D eigenvalue weighted by atomic mass is 16.5. The molecule has 0 saturated carbocycles. The van der Waals surface area contributed by atoms with Gasteiger partial charge in [0.15, 0.2) is 0 Å². The van der Waals surface area contributed by atoms with Crippen molar-refractivity contribution in [2.75, 3.05) is 0 Å². The van der Waals surface area contributed by atoms with E-state index in [0.717, 1.165) is 18.4 Å². The summed E-state index contributed by atoms with van der Waals surface area (Å²) in [7, 11) is 0. The monoisotopic (exact) mass is 339 g/mol. The number of aryl methyl sites for hydroxylation is 1. The van der Waals surface area contributed by atoms with Crippen molar-refractivity contribution in [3.63, 3.8) is 0 Å². The zero-order valence-electron chi connectivity index (χ0n) is 15.7. The van der Waals surface area contributed by atoms with Crippen molar-refractivity contribution < 1.29 is 9.53 Å². The summed E-state index contributed by atoms with van der Waals surface area (Å²) in [5.41, 5.74) is 2.89. The van der Waals surface area contributed by atoms with Crippen molar-refractivity contribution in [3.05, 3.63) is 65.2 Å². The Morgan fingerprint density at radius 2 is 1.80 bits per heavy atom. The lowest BCUT2D eigenvalue weighted by Crippen LogP contribution is -2.33. The van der Waals surface area contributed by atoms with Gasteiger partial charge >= 0.3 is 0 Å². The fourth-order valence-electron chi connectivity index (χ4n) is 2.70. The SMILES string of the molecule is Cc1cccc(COc2ccccc2C(=O)N[C@@H](C)CCC(C)C)c1. The number of benzene rings is 2. The Labute approximate surface area is 151 Å². The lowest BCUT2D eigenvalue weighted by molar-refractivity contribution is 0.0932. The highest BCUT2D eigenvalue weighted by Gasteiger charge is 2.15. The first kappa shape index (κ1) is 19.0. The number of rotatable bonds is 8. The fourth-order valence-corrected chi connectivity index (χ4v) is 2.70. The van der Waals surface area contributed by atoms with E-state index in [1.54, 1.807) is 0 Å². The van der Waals surface area contributed by atoms with Gasteiger partial charge in [0.1, 0.15) is 12.4 Å². The lowest BCUT2D eigenvalue weighted by atomic mass is 10.0. The van der Waals surface area contributed by atoms with Gasteiger partial charge in [-0.3, -0.25) is 4.79 Å². The third-order valence-electron chi connectivity index (χ3n) is 4.16. The molecule has 0 aliphatic carbocycles. The molecule has 0 bridgehead atoms. The molecule has 1 atom stereocenters. The van der Waals surface area contributed by atoms with E-state index in [1.165, 1.54) is 5.56 Å². The Morgan fingerprint density at radius 3 is 2.52 bits per heavy atom. The molecule has 0 radical (unpaired) electrons. The summed E-state index contributed by atoms with van der Waals surface area (Å²) in [5.74, 6) is 1.19. The normalized spacial score (nSPS) is 12.0. The number of hydrogen-bond donors (Lipinski definition) is 1. The van der Waals surface area contributed by atoms with E-state index in [1.807, 2.05) is 36.4 Å². The van der Waals surface area contributed by atoms with Crippen LogP contribution in [-0.4, -0.2) is 11.9 Å². The van der Waals surface area contributed by atoms with Crippen LogP contribution < -0.4 is 10.1 Å². The Hall–Kier alpha value is -2.29. The minimum atomic E-state index is -0.0731. The van der Waals surface area contributed by atoms with E-state index in [-0.39, 0.29) is 11.9 Å². The van der Waals surface area contributed by atoms with Gasteiger partial charge in [-0.1, -0.05) is 55.8 Å². The molecule has 0 fully saturated rings. The maximum Gasteiger partial charge on any atom is 0.255 e. The van der Waals surface area contributed by atoms with Crippen molar-refractivity contribution in [2.24, 2.45) is 5.92 Å². The summed E-state index contributed by atoms with van der Waals surface area (Å²) in [6.45, 7) is 8.96. The van der Waals surface area contributed by atoms with Crippen LogP contribution in [0.1, 0.15) is 55.1 Å². The van der Waals surface area contributed by atoms with Crippen LogP contribution >= 0.6 is 0 Å². The molecular weight excluding hydrogens is 310 g/mol. The molecule has 25 heavy (non-hydrogen) atoms. The number of carbonyl (C=O) groups is 1. The molecule has 1 amide bonds. The van der Waals surface area contributed by atoms with Gasteiger partial charge in [0, 0.05) is 6.04 Å². The van der Waals surface area contributed by atoms with Crippen LogP contribution in [0, 0.1) is 12.8 Å². The summed E-state index contributed by atoms with van der Waals surface area (Å²) in [6, 6.07) is 15.8. The molecule has 134 valence electrons. The molecule has 0 aliphatic rings. The standard InChI is InChI=1S/C22H29NO2/c1-16(2)12-13-18(4)23-22(24)20-10-5-6-11-21(20)25-15-19-9-7-8-17(3)14-19/h5-11,14,16,18H,12-13,15H2,1-4H3,(H,23,24)/t18-/m0/s1. The number of nitrogens with one attached hydrogen (secondary N) is 1. The summed E-state index contributed by atoms with van der Waals surface area (Å²) < 4.78 is 5.92. The van der Waals surface area contributed by atoms with Crippen LogP contribution in [0.4, 0.5) is 0 Å². The molecule has 0 heterocycles. The molecule has 2 aromatic rings.